The zero-order chi connectivity index (χ0) is 14.8. The normalized spacial score (nSPS) is 10.5. The fraction of sp³-hybridized carbons (Fsp3) is 0.267. The molecule has 3 rings (SSSR count). The Morgan fingerprint density at radius 1 is 1.18 bits per heavy atom. The van der Waals surface area contributed by atoms with E-state index in [0.717, 1.165) is 33.1 Å². The SMILES string of the molecule is CCc1nc(C)c(-c2nc(-c3ccc(CN)cc3)no2)s1.Cl. The van der Waals surface area contributed by atoms with Gasteiger partial charge in [0.05, 0.1) is 10.7 Å². The zero-order valence-corrected chi connectivity index (χ0v) is 14.0. The molecule has 0 amide bonds. The molecule has 0 bridgehead atoms. The van der Waals surface area contributed by atoms with Crippen molar-refractivity contribution < 1.29 is 4.52 Å². The van der Waals surface area contributed by atoms with E-state index in [9.17, 15) is 0 Å². The lowest BCUT2D eigenvalue weighted by atomic mass is 10.1. The van der Waals surface area contributed by atoms with Gasteiger partial charge >= 0.3 is 0 Å². The maximum atomic E-state index is 5.60. The van der Waals surface area contributed by atoms with Crippen LogP contribution >= 0.6 is 23.7 Å². The summed E-state index contributed by atoms with van der Waals surface area (Å²) in [6, 6.07) is 7.85. The van der Waals surface area contributed by atoms with Gasteiger partial charge in [0.15, 0.2) is 0 Å². The summed E-state index contributed by atoms with van der Waals surface area (Å²) in [7, 11) is 0. The summed E-state index contributed by atoms with van der Waals surface area (Å²) in [5.41, 5.74) is 8.53. The van der Waals surface area contributed by atoms with E-state index in [1.807, 2.05) is 31.2 Å². The molecule has 0 radical (unpaired) electrons. The van der Waals surface area contributed by atoms with E-state index in [1.54, 1.807) is 11.3 Å². The second-order valence-corrected chi connectivity index (χ2v) is 5.78. The van der Waals surface area contributed by atoms with Crippen LogP contribution in [0.4, 0.5) is 0 Å². The summed E-state index contributed by atoms with van der Waals surface area (Å²) in [6.07, 6.45) is 0.910. The molecule has 2 N–H and O–H groups in total. The lowest BCUT2D eigenvalue weighted by Gasteiger charge is -1.97. The van der Waals surface area contributed by atoms with Gasteiger partial charge in [-0.3, -0.25) is 0 Å². The van der Waals surface area contributed by atoms with E-state index >= 15 is 0 Å². The molecule has 0 aliphatic carbocycles. The predicted octanol–water partition coefficient (Wildman–Crippen LogP) is 3.61. The van der Waals surface area contributed by atoms with Crippen molar-refractivity contribution in [2.45, 2.75) is 26.8 Å². The van der Waals surface area contributed by atoms with Crippen LogP contribution in [0.25, 0.3) is 22.2 Å². The van der Waals surface area contributed by atoms with Crippen molar-refractivity contribution in [3.8, 4) is 22.2 Å². The Kier molecular flexibility index (Phi) is 5.28. The number of rotatable bonds is 4. The minimum Gasteiger partial charge on any atom is -0.333 e. The van der Waals surface area contributed by atoms with Gasteiger partial charge in [-0.05, 0) is 18.9 Å². The number of hydrogen-bond acceptors (Lipinski definition) is 6. The molecule has 116 valence electrons. The molecule has 7 heteroatoms. The third-order valence-electron chi connectivity index (χ3n) is 3.21. The van der Waals surface area contributed by atoms with Crippen LogP contribution in [-0.2, 0) is 13.0 Å². The molecular formula is C15H17ClN4OS. The molecule has 0 aliphatic rings. The number of hydrogen-bond donors (Lipinski definition) is 1. The molecule has 0 saturated heterocycles. The maximum absolute atomic E-state index is 5.60. The highest BCUT2D eigenvalue weighted by atomic mass is 35.5. The van der Waals surface area contributed by atoms with Gasteiger partial charge in [0.25, 0.3) is 5.89 Å². The summed E-state index contributed by atoms with van der Waals surface area (Å²) >= 11 is 1.60. The molecule has 2 heterocycles. The zero-order valence-electron chi connectivity index (χ0n) is 12.4. The number of aromatic nitrogens is 3. The number of nitrogens with two attached hydrogens (primary N) is 1. The number of aryl methyl sites for hydroxylation is 2. The molecule has 2 aromatic heterocycles. The quantitative estimate of drug-likeness (QED) is 0.787. The lowest BCUT2D eigenvalue weighted by Crippen LogP contribution is -1.95. The maximum Gasteiger partial charge on any atom is 0.270 e. The summed E-state index contributed by atoms with van der Waals surface area (Å²) in [4.78, 5) is 9.91. The van der Waals surface area contributed by atoms with Crippen molar-refractivity contribution >= 4 is 23.7 Å². The van der Waals surface area contributed by atoms with Gasteiger partial charge < -0.3 is 10.3 Å². The Hall–Kier alpha value is -1.76. The van der Waals surface area contributed by atoms with Gasteiger partial charge in [0.2, 0.25) is 5.82 Å². The van der Waals surface area contributed by atoms with Crippen LogP contribution in [0.5, 0.6) is 0 Å². The van der Waals surface area contributed by atoms with E-state index in [4.69, 9.17) is 10.3 Å². The van der Waals surface area contributed by atoms with Crippen molar-refractivity contribution in [3.05, 3.63) is 40.5 Å². The number of nitrogens with zero attached hydrogens (tertiary/aromatic N) is 3. The number of halogens is 1. The molecule has 0 fully saturated rings. The lowest BCUT2D eigenvalue weighted by molar-refractivity contribution is 0.433. The Bertz CT molecular complexity index is 751. The average Bonchev–Trinajstić information content (AvgIpc) is 3.13. The first-order chi connectivity index (χ1) is 10.2. The summed E-state index contributed by atoms with van der Waals surface area (Å²) < 4.78 is 5.38. The van der Waals surface area contributed by atoms with Crippen LogP contribution in [0.3, 0.4) is 0 Å². The van der Waals surface area contributed by atoms with Gasteiger partial charge in [-0.25, -0.2) is 4.98 Å². The predicted molar refractivity (Wildman–Crippen MR) is 90.1 cm³/mol. The second-order valence-electron chi connectivity index (χ2n) is 4.70. The monoisotopic (exact) mass is 336 g/mol. The fourth-order valence-electron chi connectivity index (χ4n) is 2.02. The van der Waals surface area contributed by atoms with E-state index in [2.05, 4.69) is 22.0 Å². The van der Waals surface area contributed by atoms with Crippen LogP contribution in [0, 0.1) is 6.92 Å². The van der Waals surface area contributed by atoms with Gasteiger partial charge in [0, 0.05) is 12.1 Å². The third-order valence-corrected chi connectivity index (χ3v) is 4.50. The summed E-state index contributed by atoms with van der Waals surface area (Å²) in [5.74, 6) is 1.11. The van der Waals surface area contributed by atoms with Crippen molar-refractivity contribution in [1.29, 1.82) is 0 Å². The van der Waals surface area contributed by atoms with Gasteiger partial charge in [-0.2, -0.15) is 4.98 Å². The molecule has 5 nitrogen and oxygen atoms in total. The Balaban J connectivity index is 0.00000176. The first kappa shape index (κ1) is 16.6. The Labute approximate surface area is 139 Å². The molecule has 0 spiro atoms. The molecule has 0 saturated carbocycles. The van der Waals surface area contributed by atoms with Crippen molar-refractivity contribution in [2.24, 2.45) is 5.73 Å². The fourth-order valence-corrected chi connectivity index (χ4v) is 2.95. The Morgan fingerprint density at radius 2 is 1.91 bits per heavy atom. The minimum atomic E-state index is 0. The largest absolute Gasteiger partial charge is 0.333 e. The molecular weight excluding hydrogens is 320 g/mol. The first-order valence-electron chi connectivity index (χ1n) is 6.81. The number of thiazole rings is 1. The van der Waals surface area contributed by atoms with Gasteiger partial charge in [0.1, 0.15) is 4.88 Å². The topological polar surface area (TPSA) is 77.8 Å². The van der Waals surface area contributed by atoms with Crippen LogP contribution < -0.4 is 5.73 Å². The molecule has 3 aromatic rings. The van der Waals surface area contributed by atoms with E-state index in [0.29, 0.717) is 18.3 Å². The molecule has 1 aromatic carbocycles. The van der Waals surface area contributed by atoms with Crippen molar-refractivity contribution in [3.63, 3.8) is 0 Å². The van der Waals surface area contributed by atoms with Gasteiger partial charge in [-0.15, -0.1) is 23.7 Å². The highest BCUT2D eigenvalue weighted by Crippen LogP contribution is 2.30. The van der Waals surface area contributed by atoms with E-state index in [1.165, 1.54) is 0 Å². The summed E-state index contributed by atoms with van der Waals surface area (Å²) in [6.45, 7) is 4.57. The van der Waals surface area contributed by atoms with Crippen LogP contribution in [0.15, 0.2) is 28.8 Å². The standard InChI is InChI=1S/C15H16N4OS.ClH/c1-3-12-17-9(2)13(21-12)15-18-14(19-20-15)11-6-4-10(8-16)5-7-11;/h4-7H,3,8,16H2,1-2H3;1H. The molecule has 0 aliphatic heterocycles. The third kappa shape index (κ3) is 3.19. The second kappa shape index (κ2) is 7.00. The molecule has 22 heavy (non-hydrogen) atoms. The Morgan fingerprint density at radius 3 is 2.50 bits per heavy atom. The van der Waals surface area contributed by atoms with Crippen LogP contribution in [0.2, 0.25) is 0 Å². The highest BCUT2D eigenvalue weighted by Gasteiger charge is 2.16. The average molecular weight is 337 g/mol. The molecule has 0 unspecified atom stereocenters. The smallest absolute Gasteiger partial charge is 0.270 e. The van der Waals surface area contributed by atoms with Crippen molar-refractivity contribution in [2.75, 3.05) is 0 Å². The van der Waals surface area contributed by atoms with Crippen molar-refractivity contribution in [1.82, 2.24) is 15.1 Å². The van der Waals surface area contributed by atoms with Gasteiger partial charge in [-0.1, -0.05) is 36.3 Å². The van der Waals surface area contributed by atoms with Crippen LogP contribution in [0.1, 0.15) is 23.2 Å². The first-order valence-corrected chi connectivity index (χ1v) is 7.62. The number of benzene rings is 1. The van der Waals surface area contributed by atoms with Crippen LogP contribution in [-0.4, -0.2) is 15.1 Å². The van der Waals surface area contributed by atoms with E-state index in [-0.39, 0.29) is 12.4 Å². The highest BCUT2D eigenvalue weighted by molar-refractivity contribution is 7.15. The minimum absolute atomic E-state index is 0. The van der Waals surface area contributed by atoms with E-state index < -0.39 is 0 Å². The summed E-state index contributed by atoms with van der Waals surface area (Å²) in [5, 5.41) is 5.13. The molecule has 0 atom stereocenters.